The van der Waals surface area contributed by atoms with Crippen molar-refractivity contribution in [3.05, 3.63) is 23.9 Å². The molecule has 2 heterocycles. The number of anilines is 1. The number of nitrogens with zero attached hydrogens (tertiary/aromatic N) is 2. The molecule has 1 aromatic heterocycles. The summed E-state index contributed by atoms with van der Waals surface area (Å²) in [6.07, 6.45) is 3.87. The summed E-state index contributed by atoms with van der Waals surface area (Å²) in [5.41, 5.74) is 1.20. The molecular formula is C13H20N2O. The summed E-state index contributed by atoms with van der Waals surface area (Å²) >= 11 is 0. The summed E-state index contributed by atoms with van der Waals surface area (Å²) in [7, 11) is 0. The predicted octanol–water partition coefficient (Wildman–Crippen LogP) is 1.99. The molecule has 0 saturated carbocycles. The van der Waals surface area contributed by atoms with Crippen LogP contribution in [0.2, 0.25) is 0 Å². The molecule has 0 amide bonds. The first kappa shape index (κ1) is 11.4. The van der Waals surface area contributed by atoms with Crippen molar-refractivity contribution >= 4 is 5.82 Å². The van der Waals surface area contributed by atoms with Crippen LogP contribution in [0.5, 0.6) is 0 Å². The highest BCUT2D eigenvalue weighted by Gasteiger charge is 2.22. The topological polar surface area (TPSA) is 36.4 Å². The highest BCUT2D eigenvalue weighted by atomic mass is 16.3. The minimum absolute atomic E-state index is 0.173. The monoisotopic (exact) mass is 220 g/mol. The fourth-order valence-electron chi connectivity index (χ4n) is 2.26. The second-order valence-corrected chi connectivity index (χ2v) is 4.76. The zero-order valence-corrected chi connectivity index (χ0v) is 10.1. The van der Waals surface area contributed by atoms with Gasteiger partial charge in [-0.15, -0.1) is 0 Å². The Morgan fingerprint density at radius 2 is 2.06 bits per heavy atom. The Kier molecular flexibility index (Phi) is 3.44. The first-order valence-corrected chi connectivity index (χ1v) is 6.02. The van der Waals surface area contributed by atoms with Gasteiger partial charge in [0.25, 0.3) is 0 Å². The molecule has 3 nitrogen and oxygen atoms in total. The van der Waals surface area contributed by atoms with Gasteiger partial charge < -0.3 is 10.0 Å². The number of aliphatic hydroxyl groups is 1. The molecule has 0 radical (unpaired) electrons. The third kappa shape index (κ3) is 2.53. The van der Waals surface area contributed by atoms with E-state index in [0.717, 1.165) is 31.7 Å². The molecule has 0 bridgehead atoms. The molecule has 16 heavy (non-hydrogen) atoms. The molecule has 1 aliphatic heterocycles. The van der Waals surface area contributed by atoms with E-state index in [9.17, 15) is 5.11 Å². The highest BCUT2D eigenvalue weighted by Crippen LogP contribution is 2.23. The number of rotatable bonds is 2. The number of hydrogen-bond acceptors (Lipinski definition) is 3. The van der Waals surface area contributed by atoms with E-state index in [-0.39, 0.29) is 6.10 Å². The van der Waals surface area contributed by atoms with Gasteiger partial charge in [-0.25, -0.2) is 4.98 Å². The van der Waals surface area contributed by atoms with Crippen molar-refractivity contribution in [2.24, 2.45) is 5.92 Å². The Morgan fingerprint density at radius 1 is 1.38 bits per heavy atom. The number of piperidine rings is 1. The van der Waals surface area contributed by atoms with Crippen LogP contribution >= 0.6 is 0 Å². The molecular weight excluding hydrogens is 200 g/mol. The molecule has 1 aromatic rings. The van der Waals surface area contributed by atoms with E-state index in [4.69, 9.17) is 0 Å². The van der Waals surface area contributed by atoms with Gasteiger partial charge >= 0.3 is 0 Å². The van der Waals surface area contributed by atoms with E-state index in [1.54, 1.807) is 0 Å². The third-order valence-electron chi connectivity index (χ3n) is 3.44. The predicted molar refractivity (Wildman–Crippen MR) is 65.6 cm³/mol. The van der Waals surface area contributed by atoms with Crippen molar-refractivity contribution < 1.29 is 5.11 Å². The summed E-state index contributed by atoms with van der Waals surface area (Å²) in [6.45, 7) is 5.96. The minimum Gasteiger partial charge on any atom is -0.393 e. The second-order valence-electron chi connectivity index (χ2n) is 4.76. The third-order valence-corrected chi connectivity index (χ3v) is 3.44. The summed E-state index contributed by atoms with van der Waals surface area (Å²) < 4.78 is 0. The first-order valence-electron chi connectivity index (χ1n) is 6.02. The molecule has 2 rings (SSSR count). The van der Waals surface area contributed by atoms with Gasteiger partial charge in [0.15, 0.2) is 0 Å². The van der Waals surface area contributed by atoms with Gasteiger partial charge in [0.1, 0.15) is 5.82 Å². The van der Waals surface area contributed by atoms with Crippen LogP contribution < -0.4 is 4.90 Å². The van der Waals surface area contributed by atoms with Gasteiger partial charge in [0.2, 0.25) is 0 Å². The highest BCUT2D eigenvalue weighted by molar-refractivity contribution is 5.39. The normalized spacial score (nSPS) is 19.8. The number of hydrogen-bond donors (Lipinski definition) is 1. The van der Waals surface area contributed by atoms with E-state index in [2.05, 4.69) is 28.9 Å². The van der Waals surface area contributed by atoms with E-state index in [1.165, 1.54) is 5.56 Å². The smallest absolute Gasteiger partial charge is 0.128 e. The van der Waals surface area contributed by atoms with Gasteiger partial charge in [0.05, 0.1) is 6.10 Å². The van der Waals surface area contributed by atoms with Gasteiger partial charge in [-0.1, -0.05) is 6.07 Å². The van der Waals surface area contributed by atoms with Crippen molar-refractivity contribution in [2.75, 3.05) is 18.0 Å². The zero-order chi connectivity index (χ0) is 11.5. The maximum Gasteiger partial charge on any atom is 0.128 e. The quantitative estimate of drug-likeness (QED) is 0.828. The molecule has 0 aromatic carbocycles. The SMILES string of the molecule is Cc1ccc(N2CCC(C(C)O)CC2)nc1. The van der Waals surface area contributed by atoms with Gasteiger partial charge in [0, 0.05) is 19.3 Å². The van der Waals surface area contributed by atoms with Crippen LogP contribution in [0.1, 0.15) is 25.3 Å². The van der Waals surface area contributed by atoms with Gasteiger partial charge in [-0.3, -0.25) is 0 Å². The molecule has 1 saturated heterocycles. The number of pyridine rings is 1. The lowest BCUT2D eigenvalue weighted by Crippen LogP contribution is -2.37. The average Bonchev–Trinajstić information content (AvgIpc) is 2.30. The molecule has 3 heteroatoms. The Morgan fingerprint density at radius 3 is 2.56 bits per heavy atom. The molecule has 88 valence electrons. The van der Waals surface area contributed by atoms with Gasteiger partial charge in [-0.2, -0.15) is 0 Å². The van der Waals surface area contributed by atoms with Crippen LogP contribution in [-0.4, -0.2) is 29.3 Å². The number of aromatic nitrogens is 1. The number of aryl methyl sites for hydroxylation is 1. The van der Waals surface area contributed by atoms with Crippen LogP contribution in [0, 0.1) is 12.8 Å². The average molecular weight is 220 g/mol. The zero-order valence-electron chi connectivity index (χ0n) is 10.1. The lowest BCUT2D eigenvalue weighted by Gasteiger charge is -2.34. The van der Waals surface area contributed by atoms with Crippen molar-refractivity contribution in [1.82, 2.24) is 4.98 Å². The van der Waals surface area contributed by atoms with Crippen LogP contribution in [0.4, 0.5) is 5.82 Å². The standard InChI is InChI=1S/C13H20N2O/c1-10-3-4-13(14-9-10)15-7-5-12(6-8-15)11(2)16/h3-4,9,11-12,16H,5-8H2,1-2H3. The van der Waals surface area contributed by atoms with Crippen LogP contribution in [0.15, 0.2) is 18.3 Å². The molecule has 1 atom stereocenters. The van der Waals surface area contributed by atoms with E-state index >= 15 is 0 Å². The lowest BCUT2D eigenvalue weighted by atomic mass is 9.92. The molecule has 1 N–H and O–H groups in total. The molecule has 1 fully saturated rings. The largest absolute Gasteiger partial charge is 0.393 e. The van der Waals surface area contributed by atoms with Crippen LogP contribution in [0.25, 0.3) is 0 Å². The van der Waals surface area contributed by atoms with E-state index < -0.39 is 0 Å². The summed E-state index contributed by atoms with van der Waals surface area (Å²) in [6, 6.07) is 4.18. The minimum atomic E-state index is -0.173. The Balaban J connectivity index is 1.96. The fourth-order valence-corrected chi connectivity index (χ4v) is 2.26. The maximum absolute atomic E-state index is 9.54. The summed E-state index contributed by atoms with van der Waals surface area (Å²) in [5.74, 6) is 1.52. The first-order chi connectivity index (χ1) is 7.66. The Bertz CT molecular complexity index is 326. The van der Waals surface area contributed by atoms with Crippen LogP contribution in [-0.2, 0) is 0 Å². The Hall–Kier alpha value is -1.09. The lowest BCUT2D eigenvalue weighted by molar-refractivity contribution is 0.110. The van der Waals surface area contributed by atoms with Crippen molar-refractivity contribution in [2.45, 2.75) is 32.8 Å². The molecule has 1 unspecified atom stereocenters. The van der Waals surface area contributed by atoms with Crippen molar-refractivity contribution in [3.8, 4) is 0 Å². The summed E-state index contributed by atoms with van der Waals surface area (Å²) in [5, 5.41) is 9.54. The summed E-state index contributed by atoms with van der Waals surface area (Å²) in [4.78, 5) is 6.74. The van der Waals surface area contributed by atoms with Gasteiger partial charge in [-0.05, 0) is 44.2 Å². The molecule has 0 aliphatic carbocycles. The second kappa shape index (κ2) is 4.83. The molecule has 1 aliphatic rings. The number of aliphatic hydroxyl groups excluding tert-OH is 1. The van der Waals surface area contributed by atoms with E-state index in [0.29, 0.717) is 5.92 Å². The fraction of sp³-hybridized carbons (Fsp3) is 0.615. The molecule has 0 spiro atoms. The maximum atomic E-state index is 9.54. The van der Waals surface area contributed by atoms with Crippen molar-refractivity contribution in [1.29, 1.82) is 0 Å². The van der Waals surface area contributed by atoms with Crippen LogP contribution in [0.3, 0.4) is 0 Å². The Labute approximate surface area is 97.1 Å². The van der Waals surface area contributed by atoms with E-state index in [1.807, 2.05) is 13.1 Å². The van der Waals surface area contributed by atoms with Crippen molar-refractivity contribution in [3.63, 3.8) is 0 Å².